The van der Waals surface area contributed by atoms with Crippen LogP contribution in [0.5, 0.6) is 11.5 Å². The summed E-state index contributed by atoms with van der Waals surface area (Å²) in [6.45, 7) is 4.53. The average molecular weight is 388 g/mol. The molecule has 1 N–H and O–H groups in total. The molecule has 1 aliphatic heterocycles. The summed E-state index contributed by atoms with van der Waals surface area (Å²) in [6.07, 6.45) is 3.26. The molecule has 0 aromatic heterocycles. The number of hydrogen-bond donors (Lipinski definition) is 1. The fourth-order valence-electron chi connectivity index (χ4n) is 3.76. The van der Waals surface area contributed by atoms with Crippen LogP contribution in [0.4, 0.5) is 0 Å². The molecule has 0 radical (unpaired) electrons. The van der Waals surface area contributed by atoms with Crippen molar-refractivity contribution in [3.05, 3.63) is 95.1 Å². The Hall–Kier alpha value is -2.78. The Morgan fingerprint density at radius 3 is 2.48 bits per heavy atom. The van der Waals surface area contributed by atoms with Gasteiger partial charge in [0.05, 0.1) is 12.6 Å². The largest absolute Gasteiger partial charge is 0.494 e. The highest BCUT2D eigenvalue weighted by Crippen LogP contribution is 2.32. The molecule has 3 heteroatoms. The van der Waals surface area contributed by atoms with Crippen molar-refractivity contribution < 1.29 is 9.47 Å². The van der Waals surface area contributed by atoms with Gasteiger partial charge in [-0.2, -0.15) is 0 Å². The van der Waals surface area contributed by atoms with Gasteiger partial charge in [0.1, 0.15) is 18.1 Å². The number of unbranched alkanes of at least 4 members (excludes halogenated alkanes) is 1. The van der Waals surface area contributed by atoms with Gasteiger partial charge in [-0.1, -0.05) is 61.9 Å². The third kappa shape index (κ3) is 4.99. The van der Waals surface area contributed by atoms with Crippen LogP contribution in [0.1, 0.15) is 48.1 Å². The first-order valence-corrected chi connectivity index (χ1v) is 10.6. The number of ether oxygens (including phenoxy) is 2. The summed E-state index contributed by atoms with van der Waals surface area (Å²) in [5.41, 5.74) is 5.16. The van der Waals surface area contributed by atoms with E-state index in [4.69, 9.17) is 9.47 Å². The molecule has 1 aliphatic rings. The molecule has 29 heavy (non-hydrogen) atoms. The van der Waals surface area contributed by atoms with E-state index in [9.17, 15) is 0 Å². The van der Waals surface area contributed by atoms with Crippen LogP contribution in [-0.4, -0.2) is 13.2 Å². The van der Waals surface area contributed by atoms with Gasteiger partial charge < -0.3 is 14.8 Å². The fraction of sp³-hybridized carbons (Fsp3) is 0.308. The Kier molecular flexibility index (Phi) is 6.48. The SMILES string of the molecule is CCCCOc1ccc(C2NCCc3cc(OCc4ccccc4)ccc32)cc1. The van der Waals surface area contributed by atoms with Gasteiger partial charge in [-0.3, -0.25) is 0 Å². The van der Waals surface area contributed by atoms with Crippen molar-refractivity contribution in [3.63, 3.8) is 0 Å². The van der Waals surface area contributed by atoms with Gasteiger partial charge in [-0.25, -0.2) is 0 Å². The summed E-state index contributed by atoms with van der Waals surface area (Å²) in [5.74, 6) is 1.89. The maximum atomic E-state index is 6.02. The van der Waals surface area contributed by atoms with Crippen molar-refractivity contribution in [2.45, 2.75) is 38.8 Å². The van der Waals surface area contributed by atoms with E-state index in [1.807, 2.05) is 18.2 Å². The summed E-state index contributed by atoms with van der Waals surface area (Å²) in [7, 11) is 0. The minimum absolute atomic E-state index is 0.214. The molecule has 3 aromatic carbocycles. The summed E-state index contributed by atoms with van der Waals surface area (Å²) < 4.78 is 11.8. The van der Waals surface area contributed by atoms with Crippen molar-refractivity contribution in [1.82, 2.24) is 5.32 Å². The highest BCUT2D eigenvalue weighted by Gasteiger charge is 2.21. The summed E-state index contributed by atoms with van der Waals surface area (Å²) in [6, 6.07) is 25.5. The third-order valence-electron chi connectivity index (χ3n) is 5.40. The molecule has 0 amide bonds. The van der Waals surface area contributed by atoms with Gasteiger partial charge in [0.25, 0.3) is 0 Å². The van der Waals surface area contributed by atoms with Crippen molar-refractivity contribution in [2.75, 3.05) is 13.2 Å². The van der Waals surface area contributed by atoms with E-state index < -0.39 is 0 Å². The number of rotatable bonds is 8. The molecule has 0 saturated heterocycles. The zero-order valence-corrected chi connectivity index (χ0v) is 17.1. The predicted octanol–water partition coefficient (Wildman–Crippen LogP) is 5.68. The lowest BCUT2D eigenvalue weighted by atomic mass is 9.89. The highest BCUT2D eigenvalue weighted by molar-refractivity contribution is 5.44. The van der Waals surface area contributed by atoms with Gasteiger partial charge in [0, 0.05) is 6.54 Å². The smallest absolute Gasteiger partial charge is 0.120 e. The van der Waals surface area contributed by atoms with E-state index >= 15 is 0 Å². The van der Waals surface area contributed by atoms with Crippen LogP contribution in [0.2, 0.25) is 0 Å². The van der Waals surface area contributed by atoms with Crippen molar-refractivity contribution in [2.24, 2.45) is 0 Å². The molecule has 3 nitrogen and oxygen atoms in total. The minimum atomic E-state index is 0.214. The van der Waals surface area contributed by atoms with Crippen LogP contribution < -0.4 is 14.8 Å². The Morgan fingerprint density at radius 1 is 0.897 bits per heavy atom. The highest BCUT2D eigenvalue weighted by atomic mass is 16.5. The molecule has 0 bridgehead atoms. The molecule has 3 aromatic rings. The molecule has 0 fully saturated rings. The number of fused-ring (bicyclic) bond motifs is 1. The van der Waals surface area contributed by atoms with E-state index in [-0.39, 0.29) is 6.04 Å². The second-order valence-electron chi connectivity index (χ2n) is 7.54. The van der Waals surface area contributed by atoms with Crippen LogP contribution in [-0.2, 0) is 13.0 Å². The topological polar surface area (TPSA) is 30.5 Å². The first-order valence-electron chi connectivity index (χ1n) is 10.6. The monoisotopic (exact) mass is 387 g/mol. The number of nitrogens with one attached hydrogen (secondary N) is 1. The van der Waals surface area contributed by atoms with E-state index in [0.29, 0.717) is 6.61 Å². The van der Waals surface area contributed by atoms with Crippen LogP contribution in [0, 0.1) is 0 Å². The van der Waals surface area contributed by atoms with Gasteiger partial charge >= 0.3 is 0 Å². The quantitative estimate of drug-likeness (QED) is 0.505. The molecule has 0 aliphatic carbocycles. The maximum Gasteiger partial charge on any atom is 0.120 e. The predicted molar refractivity (Wildman–Crippen MR) is 118 cm³/mol. The molecular weight excluding hydrogens is 358 g/mol. The molecule has 1 unspecified atom stereocenters. The van der Waals surface area contributed by atoms with Crippen LogP contribution >= 0.6 is 0 Å². The first-order chi connectivity index (χ1) is 14.3. The Bertz CT molecular complexity index is 906. The standard InChI is InChI=1S/C26H29NO2/c1-2-3-17-28-23-11-9-21(10-12-23)26-25-14-13-24(18-22(25)15-16-27-26)29-19-20-7-5-4-6-8-20/h4-14,18,26-27H,2-3,15-17,19H2,1H3. The fourth-order valence-corrected chi connectivity index (χ4v) is 3.76. The lowest BCUT2D eigenvalue weighted by Crippen LogP contribution is -2.30. The second-order valence-corrected chi connectivity index (χ2v) is 7.54. The molecule has 4 rings (SSSR count). The van der Waals surface area contributed by atoms with E-state index in [2.05, 4.69) is 66.8 Å². The lowest BCUT2D eigenvalue weighted by molar-refractivity contribution is 0.305. The zero-order valence-electron chi connectivity index (χ0n) is 17.1. The van der Waals surface area contributed by atoms with Crippen LogP contribution in [0.15, 0.2) is 72.8 Å². The van der Waals surface area contributed by atoms with Gasteiger partial charge in [0.2, 0.25) is 0 Å². The molecule has 150 valence electrons. The Balaban J connectivity index is 1.45. The molecule has 1 heterocycles. The minimum Gasteiger partial charge on any atom is -0.494 e. The Morgan fingerprint density at radius 2 is 1.69 bits per heavy atom. The van der Waals surface area contributed by atoms with Crippen molar-refractivity contribution in [3.8, 4) is 11.5 Å². The first kappa shape index (κ1) is 19.5. The van der Waals surface area contributed by atoms with E-state index in [1.54, 1.807) is 0 Å². The molecule has 1 atom stereocenters. The summed E-state index contributed by atoms with van der Waals surface area (Å²) in [4.78, 5) is 0. The normalized spacial score (nSPS) is 15.6. The van der Waals surface area contributed by atoms with E-state index in [0.717, 1.165) is 43.9 Å². The van der Waals surface area contributed by atoms with Gasteiger partial charge in [0.15, 0.2) is 0 Å². The van der Waals surface area contributed by atoms with E-state index in [1.165, 1.54) is 22.3 Å². The summed E-state index contributed by atoms with van der Waals surface area (Å²) >= 11 is 0. The number of benzene rings is 3. The van der Waals surface area contributed by atoms with Crippen molar-refractivity contribution >= 4 is 0 Å². The molecular formula is C26H29NO2. The third-order valence-corrected chi connectivity index (χ3v) is 5.40. The molecule has 0 saturated carbocycles. The van der Waals surface area contributed by atoms with Crippen LogP contribution in [0.25, 0.3) is 0 Å². The molecule has 0 spiro atoms. The number of hydrogen-bond acceptors (Lipinski definition) is 3. The van der Waals surface area contributed by atoms with Gasteiger partial charge in [-0.15, -0.1) is 0 Å². The van der Waals surface area contributed by atoms with Crippen molar-refractivity contribution in [1.29, 1.82) is 0 Å². The van der Waals surface area contributed by atoms with Gasteiger partial charge in [-0.05, 0) is 59.4 Å². The summed E-state index contributed by atoms with van der Waals surface area (Å²) in [5, 5.41) is 3.66. The Labute approximate surface area is 173 Å². The second kappa shape index (κ2) is 9.62. The zero-order chi connectivity index (χ0) is 19.9. The maximum absolute atomic E-state index is 6.02. The lowest BCUT2D eigenvalue weighted by Gasteiger charge is -2.28. The average Bonchev–Trinajstić information content (AvgIpc) is 2.78. The van der Waals surface area contributed by atoms with Crippen LogP contribution in [0.3, 0.4) is 0 Å².